The first-order valence-corrected chi connectivity index (χ1v) is 7.45. The number of carbonyl (C=O) groups excluding carboxylic acids is 1. The molecule has 0 saturated carbocycles. The van der Waals surface area contributed by atoms with Crippen molar-refractivity contribution in [3.05, 3.63) is 23.7 Å². The highest BCUT2D eigenvalue weighted by Crippen LogP contribution is 2.26. The van der Waals surface area contributed by atoms with Gasteiger partial charge in [0.05, 0.1) is 5.69 Å². The molecule has 3 N–H and O–H groups in total. The number of nitrogens with zero attached hydrogens (tertiary/aromatic N) is 3. The van der Waals surface area contributed by atoms with Crippen LogP contribution in [0.25, 0.3) is 0 Å². The van der Waals surface area contributed by atoms with Gasteiger partial charge < -0.3 is 0 Å². The molecule has 2 aromatic heterocycles. The van der Waals surface area contributed by atoms with E-state index in [1.165, 1.54) is 23.9 Å². The van der Waals surface area contributed by atoms with Crippen molar-refractivity contribution in [2.24, 2.45) is 12.2 Å². The SMILES string of the molecule is Cc1nc(NC(=O)c2ccnn2C)sc1S(N)(=O)=O. The number of aryl methyl sites for hydroxylation is 2. The Morgan fingerprint density at radius 3 is 2.68 bits per heavy atom. The average Bonchev–Trinajstić information content (AvgIpc) is 2.83. The van der Waals surface area contributed by atoms with Crippen molar-refractivity contribution in [1.29, 1.82) is 0 Å². The minimum atomic E-state index is -3.82. The zero-order chi connectivity index (χ0) is 14.2. The molecule has 2 rings (SSSR count). The molecule has 19 heavy (non-hydrogen) atoms. The molecule has 0 aromatic carbocycles. The fraction of sp³-hybridized carbons (Fsp3) is 0.222. The summed E-state index contributed by atoms with van der Waals surface area (Å²) in [6.07, 6.45) is 1.48. The second-order valence-corrected chi connectivity index (χ2v) is 6.49. The number of primary sulfonamides is 1. The Kier molecular flexibility index (Phi) is 3.39. The lowest BCUT2D eigenvalue weighted by atomic mass is 10.4. The van der Waals surface area contributed by atoms with Crippen molar-refractivity contribution < 1.29 is 13.2 Å². The lowest BCUT2D eigenvalue weighted by Crippen LogP contribution is -2.15. The minimum absolute atomic E-state index is 0.0622. The van der Waals surface area contributed by atoms with Crippen molar-refractivity contribution in [2.45, 2.75) is 11.1 Å². The van der Waals surface area contributed by atoms with Crippen LogP contribution in [0.2, 0.25) is 0 Å². The lowest BCUT2D eigenvalue weighted by Gasteiger charge is -2.01. The van der Waals surface area contributed by atoms with Crippen LogP contribution in [0.4, 0.5) is 5.13 Å². The molecular formula is C9H11N5O3S2. The normalized spacial score (nSPS) is 11.5. The van der Waals surface area contributed by atoms with Crippen molar-refractivity contribution in [3.63, 3.8) is 0 Å². The van der Waals surface area contributed by atoms with Gasteiger partial charge in [-0.2, -0.15) is 5.10 Å². The lowest BCUT2D eigenvalue weighted by molar-refractivity contribution is 0.101. The molecular weight excluding hydrogens is 290 g/mol. The van der Waals surface area contributed by atoms with Crippen LogP contribution >= 0.6 is 11.3 Å². The van der Waals surface area contributed by atoms with Crippen LogP contribution in [0, 0.1) is 6.92 Å². The molecule has 8 nitrogen and oxygen atoms in total. The molecule has 0 aliphatic rings. The van der Waals surface area contributed by atoms with Crippen LogP contribution in [-0.2, 0) is 17.1 Å². The van der Waals surface area contributed by atoms with Crippen LogP contribution in [-0.4, -0.2) is 29.1 Å². The first-order valence-electron chi connectivity index (χ1n) is 5.08. The Balaban J connectivity index is 2.26. The minimum Gasteiger partial charge on any atom is -0.296 e. The van der Waals surface area contributed by atoms with Crippen LogP contribution in [0.3, 0.4) is 0 Å². The van der Waals surface area contributed by atoms with E-state index in [-0.39, 0.29) is 15.0 Å². The van der Waals surface area contributed by atoms with Gasteiger partial charge in [-0.1, -0.05) is 11.3 Å². The molecule has 0 atom stereocenters. The number of nitrogens with one attached hydrogen (secondary N) is 1. The maximum Gasteiger partial charge on any atom is 0.275 e. The van der Waals surface area contributed by atoms with E-state index < -0.39 is 15.9 Å². The standard InChI is InChI=1S/C9H11N5O3S2/c1-5-8(19(10,16)17)18-9(12-5)13-7(15)6-3-4-11-14(6)2/h3-4H,1-2H3,(H2,10,16,17)(H,12,13,15). The fourth-order valence-electron chi connectivity index (χ4n) is 1.46. The molecule has 10 heteroatoms. The molecule has 2 aromatic rings. The highest BCUT2D eigenvalue weighted by molar-refractivity contribution is 7.91. The van der Waals surface area contributed by atoms with Crippen LogP contribution < -0.4 is 10.5 Å². The van der Waals surface area contributed by atoms with E-state index >= 15 is 0 Å². The zero-order valence-corrected chi connectivity index (χ0v) is 11.7. The van der Waals surface area contributed by atoms with Gasteiger partial charge in [0.1, 0.15) is 5.69 Å². The van der Waals surface area contributed by atoms with Crippen molar-refractivity contribution in [2.75, 3.05) is 5.32 Å². The summed E-state index contributed by atoms with van der Waals surface area (Å²) in [6, 6.07) is 1.54. The smallest absolute Gasteiger partial charge is 0.275 e. The summed E-state index contributed by atoms with van der Waals surface area (Å²) in [7, 11) is -2.20. The number of amides is 1. The quantitative estimate of drug-likeness (QED) is 0.832. The third kappa shape index (κ3) is 2.80. The maximum atomic E-state index is 11.9. The largest absolute Gasteiger partial charge is 0.296 e. The Morgan fingerprint density at radius 2 is 2.21 bits per heavy atom. The summed E-state index contributed by atoms with van der Waals surface area (Å²) in [6.45, 7) is 1.51. The summed E-state index contributed by atoms with van der Waals surface area (Å²) in [5.41, 5.74) is 0.595. The van der Waals surface area contributed by atoms with E-state index in [2.05, 4.69) is 15.4 Å². The predicted octanol–water partition coefficient (Wildman–Crippen LogP) is 0.0847. The Morgan fingerprint density at radius 1 is 1.53 bits per heavy atom. The predicted molar refractivity (Wildman–Crippen MR) is 69.4 cm³/mol. The van der Waals surface area contributed by atoms with Crippen molar-refractivity contribution in [1.82, 2.24) is 14.8 Å². The summed E-state index contributed by atoms with van der Waals surface area (Å²) >= 11 is 0.812. The molecule has 0 bridgehead atoms. The number of rotatable bonds is 3. The topological polar surface area (TPSA) is 120 Å². The molecule has 0 fully saturated rings. The van der Waals surface area contributed by atoms with E-state index in [4.69, 9.17) is 5.14 Å². The van der Waals surface area contributed by atoms with Gasteiger partial charge in [0, 0.05) is 13.2 Å². The van der Waals surface area contributed by atoms with Crippen LogP contribution in [0.5, 0.6) is 0 Å². The van der Waals surface area contributed by atoms with Crippen molar-refractivity contribution in [3.8, 4) is 0 Å². The second-order valence-electron chi connectivity index (χ2n) is 3.73. The van der Waals surface area contributed by atoms with Gasteiger partial charge >= 0.3 is 0 Å². The molecule has 0 saturated heterocycles. The number of carbonyl (C=O) groups is 1. The molecule has 0 unspecified atom stereocenters. The number of hydrogen-bond donors (Lipinski definition) is 2. The number of anilines is 1. The van der Waals surface area contributed by atoms with E-state index in [1.54, 1.807) is 7.05 Å². The van der Waals surface area contributed by atoms with Crippen LogP contribution in [0.1, 0.15) is 16.2 Å². The van der Waals surface area contributed by atoms with Gasteiger partial charge in [-0.3, -0.25) is 14.8 Å². The number of nitrogens with two attached hydrogens (primary N) is 1. The third-order valence-electron chi connectivity index (χ3n) is 2.29. The molecule has 0 aliphatic heterocycles. The van der Waals surface area contributed by atoms with Gasteiger partial charge in [-0.15, -0.1) is 0 Å². The second kappa shape index (κ2) is 4.72. The molecule has 102 valence electrons. The summed E-state index contributed by atoms with van der Waals surface area (Å²) in [4.78, 5) is 15.8. The Labute approximate surface area is 113 Å². The Hall–Kier alpha value is -1.78. The first-order chi connectivity index (χ1) is 8.79. The van der Waals surface area contributed by atoms with Gasteiger partial charge in [0.2, 0.25) is 10.0 Å². The molecule has 2 heterocycles. The van der Waals surface area contributed by atoms with Gasteiger partial charge in [-0.25, -0.2) is 18.5 Å². The molecule has 0 radical (unpaired) electrons. The summed E-state index contributed by atoms with van der Waals surface area (Å²) in [5.74, 6) is -0.422. The first kappa shape index (κ1) is 13.6. The van der Waals surface area contributed by atoms with E-state index in [0.717, 1.165) is 11.3 Å². The van der Waals surface area contributed by atoms with Gasteiger partial charge in [0.15, 0.2) is 9.34 Å². The number of thiazole rings is 1. The summed E-state index contributed by atoms with van der Waals surface area (Å²) in [5, 5.41) is 11.6. The van der Waals surface area contributed by atoms with E-state index in [9.17, 15) is 13.2 Å². The zero-order valence-electron chi connectivity index (χ0n) is 10.1. The van der Waals surface area contributed by atoms with Gasteiger partial charge in [0.25, 0.3) is 5.91 Å². The summed E-state index contributed by atoms with van der Waals surface area (Å²) < 4.78 is 23.9. The van der Waals surface area contributed by atoms with E-state index in [1.807, 2.05) is 0 Å². The third-order valence-corrected chi connectivity index (χ3v) is 4.91. The van der Waals surface area contributed by atoms with Gasteiger partial charge in [-0.05, 0) is 13.0 Å². The number of hydrogen-bond acceptors (Lipinski definition) is 6. The van der Waals surface area contributed by atoms with E-state index in [0.29, 0.717) is 5.69 Å². The highest BCUT2D eigenvalue weighted by atomic mass is 32.2. The molecule has 1 amide bonds. The number of sulfonamides is 1. The van der Waals surface area contributed by atoms with Crippen molar-refractivity contribution >= 4 is 32.4 Å². The monoisotopic (exact) mass is 301 g/mol. The van der Waals surface area contributed by atoms with Crippen LogP contribution in [0.15, 0.2) is 16.5 Å². The molecule has 0 spiro atoms. The Bertz CT molecular complexity index is 731. The maximum absolute atomic E-state index is 11.9. The fourth-order valence-corrected chi connectivity index (χ4v) is 3.31. The molecule has 0 aliphatic carbocycles. The number of aromatic nitrogens is 3. The average molecular weight is 301 g/mol. The highest BCUT2D eigenvalue weighted by Gasteiger charge is 2.19.